The van der Waals surface area contributed by atoms with Crippen molar-refractivity contribution in [3.8, 4) is 11.1 Å². The molecule has 0 amide bonds. The Morgan fingerprint density at radius 2 is 1.89 bits per heavy atom. The zero-order valence-electron chi connectivity index (χ0n) is 20.0. The minimum absolute atomic E-state index is 0.00677. The maximum atomic E-state index is 13.4. The smallest absolute Gasteiger partial charge is 0.416 e. The van der Waals surface area contributed by atoms with Crippen LogP contribution in [0.2, 0.25) is 0 Å². The molecule has 0 radical (unpaired) electrons. The van der Waals surface area contributed by atoms with Crippen LogP contribution in [0.1, 0.15) is 31.7 Å². The molecule has 2 aromatic rings. The first-order valence-electron chi connectivity index (χ1n) is 11.4. The number of sulfonamides is 1. The molecule has 0 spiro atoms. The van der Waals surface area contributed by atoms with Crippen LogP contribution in [0.3, 0.4) is 0 Å². The van der Waals surface area contributed by atoms with E-state index in [1.807, 2.05) is 0 Å². The number of benzene rings is 2. The van der Waals surface area contributed by atoms with Crippen molar-refractivity contribution in [2.45, 2.75) is 43.3 Å². The summed E-state index contributed by atoms with van der Waals surface area (Å²) < 4.78 is 72.0. The summed E-state index contributed by atoms with van der Waals surface area (Å²) in [6.45, 7) is 1.75. The van der Waals surface area contributed by atoms with Crippen molar-refractivity contribution >= 4 is 21.7 Å². The maximum Gasteiger partial charge on any atom is 0.416 e. The van der Waals surface area contributed by atoms with Gasteiger partial charge in [-0.15, -0.1) is 0 Å². The van der Waals surface area contributed by atoms with E-state index < -0.39 is 33.8 Å². The van der Waals surface area contributed by atoms with E-state index in [1.165, 1.54) is 54.0 Å². The second-order valence-electron chi connectivity index (χ2n) is 8.22. The molecule has 2 aromatic carbocycles. The maximum absolute atomic E-state index is 13.4. The van der Waals surface area contributed by atoms with Gasteiger partial charge in [-0.25, -0.2) is 8.42 Å². The van der Waals surface area contributed by atoms with Crippen molar-refractivity contribution in [1.82, 2.24) is 4.31 Å². The fraction of sp³-hybridized carbons (Fsp3) is 0.360. The Bertz CT molecular complexity index is 1260. The second kappa shape index (κ2) is 11.3. The predicted molar refractivity (Wildman–Crippen MR) is 131 cm³/mol. The van der Waals surface area contributed by atoms with E-state index in [0.717, 1.165) is 12.1 Å². The molecule has 1 saturated carbocycles. The summed E-state index contributed by atoms with van der Waals surface area (Å²) in [4.78, 5) is 16.0. The third-order valence-electron chi connectivity index (χ3n) is 5.96. The average molecular weight is 524 g/mol. The van der Waals surface area contributed by atoms with Crippen LogP contribution in [0.25, 0.3) is 11.1 Å². The molecule has 3 rings (SSSR count). The summed E-state index contributed by atoms with van der Waals surface area (Å²) in [5.41, 5.74) is 6.92. The van der Waals surface area contributed by atoms with E-state index in [2.05, 4.69) is 4.99 Å². The van der Waals surface area contributed by atoms with Gasteiger partial charge in [-0.1, -0.05) is 24.3 Å². The second-order valence-corrected chi connectivity index (χ2v) is 10.2. The van der Waals surface area contributed by atoms with E-state index in [9.17, 15) is 26.4 Å². The number of nitrogens with two attached hydrogens (primary N) is 1. The molecule has 0 heterocycles. The lowest BCUT2D eigenvalue weighted by atomic mass is 9.88. The number of likely N-dealkylation sites (N-methyl/N-ethyl adjacent to an activating group) is 1. The Balaban J connectivity index is 1.84. The number of esters is 1. The van der Waals surface area contributed by atoms with E-state index in [-0.39, 0.29) is 18.0 Å². The molecule has 0 bridgehead atoms. The van der Waals surface area contributed by atoms with E-state index in [0.29, 0.717) is 41.7 Å². The van der Waals surface area contributed by atoms with Crippen LogP contribution in [0.15, 0.2) is 70.2 Å². The number of hydrogen-bond acceptors (Lipinski definition) is 6. The predicted octanol–water partition coefficient (Wildman–Crippen LogP) is 4.39. The summed E-state index contributed by atoms with van der Waals surface area (Å²) in [5.74, 6) is -0.481. The van der Waals surface area contributed by atoms with Crippen LogP contribution in [0.5, 0.6) is 0 Å². The van der Waals surface area contributed by atoms with Gasteiger partial charge < -0.3 is 10.5 Å². The SMILES string of the molecule is CCOC(=O)CN=C1CCC[C@@H](N(C)S(=O)(=O)c2ccc(-c3cccc(C(F)(F)F)c3)cc2)C1=CN. The first-order valence-corrected chi connectivity index (χ1v) is 12.8. The first-order chi connectivity index (χ1) is 17.0. The molecule has 2 N–H and O–H groups in total. The van der Waals surface area contributed by atoms with Crippen LogP contribution in [-0.4, -0.2) is 50.6 Å². The van der Waals surface area contributed by atoms with Crippen LogP contribution in [-0.2, 0) is 25.7 Å². The zero-order chi connectivity index (χ0) is 26.5. The van der Waals surface area contributed by atoms with E-state index >= 15 is 0 Å². The Labute approximate surface area is 208 Å². The lowest BCUT2D eigenvalue weighted by Crippen LogP contribution is -2.42. The number of rotatable bonds is 7. The molecule has 1 aliphatic rings. The summed E-state index contributed by atoms with van der Waals surface area (Å²) in [5, 5.41) is 0. The number of nitrogens with zero attached hydrogens (tertiary/aromatic N) is 2. The molecule has 0 saturated heterocycles. The molecule has 36 heavy (non-hydrogen) atoms. The Hall–Kier alpha value is -3.18. The zero-order valence-corrected chi connectivity index (χ0v) is 20.8. The molecule has 194 valence electrons. The third kappa shape index (κ3) is 6.14. The Morgan fingerprint density at radius 3 is 2.50 bits per heavy atom. The van der Waals surface area contributed by atoms with Gasteiger partial charge in [-0.05, 0) is 61.6 Å². The van der Waals surface area contributed by atoms with E-state index in [1.54, 1.807) is 6.92 Å². The quantitative estimate of drug-likeness (QED) is 0.543. The standard InChI is InChI=1S/C25H28F3N3O4S/c1-3-35-24(32)16-30-22-8-5-9-23(21(22)15-29)31(2)36(33,34)20-12-10-17(11-13-20)18-6-4-7-19(14-18)25(26,27)28/h4,6-7,10-15,23H,3,5,8-9,16,29H2,1-2H3/t23-/m1/s1. The minimum Gasteiger partial charge on any atom is -0.465 e. The van der Waals surface area contributed by atoms with Crippen molar-refractivity contribution in [3.63, 3.8) is 0 Å². The van der Waals surface area contributed by atoms with Gasteiger partial charge in [0.05, 0.1) is 23.1 Å². The summed E-state index contributed by atoms with van der Waals surface area (Å²) >= 11 is 0. The molecule has 1 fully saturated rings. The van der Waals surface area contributed by atoms with Crippen molar-refractivity contribution in [2.75, 3.05) is 20.2 Å². The molecule has 11 heteroatoms. The fourth-order valence-electron chi connectivity index (χ4n) is 4.11. The third-order valence-corrected chi connectivity index (χ3v) is 7.84. The van der Waals surface area contributed by atoms with Crippen LogP contribution in [0, 0.1) is 0 Å². The van der Waals surface area contributed by atoms with Crippen molar-refractivity contribution in [2.24, 2.45) is 10.7 Å². The van der Waals surface area contributed by atoms with Gasteiger partial charge >= 0.3 is 12.1 Å². The van der Waals surface area contributed by atoms with Gasteiger partial charge in [0.25, 0.3) is 0 Å². The highest BCUT2D eigenvalue weighted by Crippen LogP contribution is 2.33. The molecular formula is C25H28F3N3O4S. The first kappa shape index (κ1) is 27.4. The summed E-state index contributed by atoms with van der Waals surface area (Å²) in [6, 6.07) is 9.94. The number of ether oxygens (including phenoxy) is 1. The molecule has 0 unspecified atom stereocenters. The van der Waals surface area contributed by atoms with Gasteiger partial charge in [0, 0.05) is 24.5 Å². The average Bonchev–Trinajstić information content (AvgIpc) is 2.86. The van der Waals surface area contributed by atoms with Gasteiger partial charge in [0.2, 0.25) is 10.0 Å². The number of alkyl halides is 3. The lowest BCUT2D eigenvalue weighted by molar-refractivity contribution is -0.141. The highest BCUT2D eigenvalue weighted by atomic mass is 32.2. The van der Waals surface area contributed by atoms with Crippen molar-refractivity contribution in [1.29, 1.82) is 0 Å². The van der Waals surface area contributed by atoms with Gasteiger partial charge in [-0.2, -0.15) is 17.5 Å². The number of carbonyl (C=O) groups excluding carboxylic acids is 1. The number of halogens is 3. The molecule has 1 atom stereocenters. The molecule has 1 aliphatic carbocycles. The monoisotopic (exact) mass is 523 g/mol. The van der Waals surface area contributed by atoms with Gasteiger partial charge in [0.15, 0.2) is 0 Å². The Morgan fingerprint density at radius 1 is 1.19 bits per heavy atom. The van der Waals surface area contributed by atoms with Crippen molar-refractivity contribution in [3.05, 3.63) is 65.9 Å². The topological polar surface area (TPSA) is 102 Å². The highest BCUT2D eigenvalue weighted by molar-refractivity contribution is 7.89. The minimum atomic E-state index is -4.48. The molecular weight excluding hydrogens is 495 g/mol. The van der Waals surface area contributed by atoms with Crippen LogP contribution in [0.4, 0.5) is 13.2 Å². The highest BCUT2D eigenvalue weighted by Gasteiger charge is 2.34. The lowest BCUT2D eigenvalue weighted by Gasteiger charge is -2.33. The molecule has 0 aliphatic heterocycles. The normalized spacial score (nSPS) is 19.1. The van der Waals surface area contributed by atoms with Crippen LogP contribution < -0.4 is 5.73 Å². The Kier molecular flexibility index (Phi) is 8.57. The fourth-order valence-corrected chi connectivity index (χ4v) is 5.47. The van der Waals surface area contributed by atoms with E-state index in [4.69, 9.17) is 10.5 Å². The van der Waals surface area contributed by atoms with Crippen molar-refractivity contribution < 1.29 is 31.1 Å². The van der Waals surface area contributed by atoms with Gasteiger partial charge in [-0.3, -0.25) is 9.79 Å². The number of hydrogen-bond donors (Lipinski definition) is 1. The molecule has 7 nitrogen and oxygen atoms in total. The number of aliphatic imine (C=N–C) groups is 1. The number of carbonyl (C=O) groups is 1. The summed E-state index contributed by atoms with van der Waals surface area (Å²) in [6.07, 6.45) is -1.44. The summed E-state index contributed by atoms with van der Waals surface area (Å²) in [7, 11) is -2.52. The van der Waals surface area contributed by atoms with Gasteiger partial charge in [0.1, 0.15) is 6.54 Å². The molecule has 0 aromatic heterocycles. The largest absolute Gasteiger partial charge is 0.465 e. The van der Waals surface area contributed by atoms with Crippen LogP contribution >= 0.6 is 0 Å².